The lowest BCUT2D eigenvalue weighted by molar-refractivity contribution is 1.04. The summed E-state index contributed by atoms with van der Waals surface area (Å²) in [6, 6.07) is 6.94. The van der Waals surface area contributed by atoms with Gasteiger partial charge in [0.2, 0.25) is 0 Å². The summed E-state index contributed by atoms with van der Waals surface area (Å²) in [6.45, 7) is 0. The average molecular weight is 324 g/mol. The van der Waals surface area contributed by atoms with Crippen LogP contribution in [-0.2, 0) is 5.75 Å². The molecular weight excluding hydrogens is 314 g/mol. The van der Waals surface area contributed by atoms with Crippen molar-refractivity contribution in [3.8, 4) is 0 Å². The van der Waals surface area contributed by atoms with Crippen molar-refractivity contribution in [1.82, 2.24) is 9.38 Å². The van der Waals surface area contributed by atoms with Gasteiger partial charge in [-0.1, -0.05) is 11.6 Å². The van der Waals surface area contributed by atoms with E-state index in [1.807, 2.05) is 11.4 Å². The molecule has 2 N–H and O–H groups in total. The molecule has 0 bridgehead atoms. The third kappa shape index (κ3) is 2.67. The van der Waals surface area contributed by atoms with Crippen molar-refractivity contribution < 1.29 is 0 Å². The van der Waals surface area contributed by atoms with E-state index in [1.165, 1.54) is 27.5 Å². The fourth-order valence-corrected chi connectivity index (χ4v) is 3.52. The van der Waals surface area contributed by atoms with Gasteiger partial charge in [0.1, 0.15) is 0 Å². The van der Waals surface area contributed by atoms with E-state index in [0.29, 0.717) is 21.4 Å². The van der Waals surface area contributed by atoms with Crippen molar-refractivity contribution in [2.75, 3.05) is 5.73 Å². The molecule has 0 radical (unpaired) electrons. The number of aromatic nitrogens is 2. The number of nitrogens with two attached hydrogens (primary N) is 1. The number of rotatable bonds is 3. The van der Waals surface area contributed by atoms with Crippen molar-refractivity contribution in [1.29, 1.82) is 0 Å². The summed E-state index contributed by atoms with van der Waals surface area (Å²) in [5, 5.41) is 2.46. The monoisotopic (exact) mass is 323 g/mol. The molecule has 1 aromatic carbocycles. The van der Waals surface area contributed by atoms with Crippen LogP contribution in [0.1, 0.15) is 5.69 Å². The highest BCUT2D eigenvalue weighted by Crippen LogP contribution is 2.29. The molecule has 0 spiro atoms. The maximum atomic E-state index is 11.9. The van der Waals surface area contributed by atoms with Gasteiger partial charge in [-0.2, -0.15) is 0 Å². The summed E-state index contributed by atoms with van der Waals surface area (Å²) in [7, 11) is 0. The Balaban J connectivity index is 1.84. The molecule has 0 aliphatic heterocycles. The first-order chi connectivity index (χ1) is 9.63. The number of fused-ring (bicyclic) bond motifs is 1. The Morgan fingerprint density at radius 3 is 3.05 bits per heavy atom. The van der Waals surface area contributed by atoms with E-state index in [-0.39, 0.29) is 5.56 Å². The van der Waals surface area contributed by atoms with Crippen LogP contribution in [0.5, 0.6) is 0 Å². The van der Waals surface area contributed by atoms with Crippen molar-refractivity contribution in [2.45, 2.75) is 10.6 Å². The second-order valence-corrected chi connectivity index (χ2v) is 6.44. The molecule has 0 aliphatic rings. The fraction of sp³-hybridized carbons (Fsp3) is 0.0769. The average Bonchev–Trinajstić information content (AvgIpc) is 2.86. The molecule has 0 aliphatic carbocycles. The predicted octanol–water partition coefficient (Wildman–Crippen LogP) is 3.28. The first-order valence-electron chi connectivity index (χ1n) is 5.77. The van der Waals surface area contributed by atoms with Gasteiger partial charge in [-0.15, -0.1) is 23.1 Å². The summed E-state index contributed by atoms with van der Waals surface area (Å²) in [4.78, 5) is 18.0. The molecular formula is C13H10ClN3OS2. The van der Waals surface area contributed by atoms with Crippen LogP contribution in [-0.4, -0.2) is 9.38 Å². The third-order valence-electron chi connectivity index (χ3n) is 2.70. The van der Waals surface area contributed by atoms with Crippen LogP contribution in [0.25, 0.3) is 4.96 Å². The van der Waals surface area contributed by atoms with E-state index >= 15 is 0 Å². The summed E-state index contributed by atoms with van der Waals surface area (Å²) >= 11 is 8.85. The minimum Gasteiger partial charge on any atom is -0.398 e. The van der Waals surface area contributed by atoms with E-state index in [1.54, 1.807) is 24.4 Å². The Morgan fingerprint density at radius 1 is 1.40 bits per heavy atom. The second-order valence-electron chi connectivity index (χ2n) is 4.11. The molecule has 0 saturated carbocycles. The number of anilines is 1. The molecule has 102 valence electrons. The summed E-state index contributed by atoms with van der Waals surface area (Å²) in [5.41, 5.74) is 7.22. The summed E-state index contributed by atoms with van der Waals surface area (Å²) in [6.07, 6.45) is 1.73. The van der Waals surface area contributed by atoms with E-state index < -0.39 is 0 Å². The van der Waals surface area contributed by atoms with Crippen LogP contribution in [0.15, 0.2) is 45.5 Å². The Labute approximate surface area is 128 Å². The SMILES string of the molecule is Nc1cc(Cl)ccc1SCc1cc(=O)n2ccsc2n1. The van der Waals surface area contributed by atoms with Crippen molar-refractivity contribution in [3.63, 3.8) is 0 Å². The van der Waals surface area contributed by atoms with E-state index in [2.05, 4.69) is 4.98 Å². The maximum Gasteiger partial charge on any atom is 0.258 e. The highest BCUT2D eigenvalue weighted by molar-refractivity contribution is 7.98. The summed E-state index contributed by atoms with van der Waals surface area (Å²) < 4.78 is 1.54. The molecule has 0 fully saturated rings. The zero-order valence-electron chi connectivity index (χ0n) is 10.2. The number of hydrogen-bond acceptors (Lipinski definition) is 5. The van der Waals surface area contributed by atoms with Crippen molar-refractivity contribution >= 4 is 45.3 Å². The molecule has 4 nitrogen and oxygen atoms in total. The van der Waals surface area contributed by atoms with E-state index in [4.69, 9.17) is 17.3 Å². The lowest BCUT2D eigenvalue weighted by Crippen LogP contribution is -2.12. The minimum absolute atomic E-state index is 0.0593. The fourth-order valence-electron chi connectivity index (χ4n) is 1.76. The zero-order chi connectivity index (χ0) is 14.1. The Hall–Kier alpha value is -1.50. The standard InChI is InChI=1S/C13H10ClN3OS2/c14-8-1-2-11(10(15)5-8)20-7-9-6-12(18)17-3-4-19-13(17)16-9/h1-6H,7,15H2. The highest BCUT2D eigenvalue weighted by atomic mass is 35.5. The lowest BCUT2D eigenvalue weighted by Gasteiger charge is -2.05. The minimum atomic E-state index is -0.0593. The molecule has 3 rings (SSSR count). The second kappa shape index (κ2) is 5.47. The zero-order valence-corrected chi connectivity index (χ0v) is 12.6. The van der Waals surface area contributed by atoms with Gasteiger partial charge in [0.05, 0.1) is 5.69 Å². The van der Waals surface area contributed by atoms with Gasteiger partial charge in [-0.3, -0.25) is 9.20 Å². The summed E-state index contributed by atoms with van der Waals surface area (Å²) in [5.74, 6) is 0.593. The van der Waals surface area contributed by atoms with Gasteiger partial charge in [0.25, 0.3) is 5.56 Å². The first-order valence-corrected chi connectivity index (χ1v) is 8.01. The highest BCUT2D eigenvalue weighted by Gasteiger charge is 2.06. The molecule has 0 unspecified atom stereocenters. The van der Waals surface area contributed by atoms with Gasteiger partial charge >= 0.3 is 0 Å². The largest absolute Gasteiger partial charge is 0.398 e. The van der Waals surface area contributed by atoms with Crippen molar-refractivity contribution in [2.24, 2.45) is 0 Å². The third-order valence-corrected chi connectivity index (χ3v) is 4.82. The molecule has 0 amide bonds. The van der Waals surface area contributed by atoms with Crippen LogP contribution < -0.4 is 11.3 Å². The van der Waals surface area contributed by atoms with Gasteiger partial charge < -0.3 is 5.73 Å². The molecule has 0 saturated heterocycles. The van der Waals surface area contributed by atoms with Crippen molar-refractivity contribution in [3.05, 3.63) is 56.9 Å². The molecule has 2 aromatic heterocycles. The lowest BCUT2D eigenvalue weighted by atomic mass is 10.3. The van der Waals surface area contributed by atoms with Crippen LogP contribution in [0.2, 0.25) is 5.02 Å². The Morgan fingerprint density at radius 2 is 2.25 bits per heavy atom. The maximum absolute atomic E-state index is 11.9. The normalized spacial score (nSPS) is 11.1. The number of benzene rings is 1. The van der Waals surface area contributed by atoms with E-state index in [9.17, 15) is 4.79 Å². The Bertz CT molecular complexity index is 828. The number of thiazole rings is 1. The van der Waals surface area contributed by atoms with Crippen LogP contribution in [0, 0.1) is 0 Å². The molecule has 3 aromatic rings. The van der Waals surface area contributed by atoms with Gasteiger partial charge in [0, 0.05) is 39.0 Å². The van der Waals surface area contributed by atoms with Crippen LogP contribution >= 0.6 is 34.7 Å². The van der Waals surface area contributed by atoms with Gasteiger partial charge in [-0.25, -0.2) is 4.98 Å². The molecule has 0 atom stereocenters. The first kappa shape index (κ1) is 13.5. The predicted molar refractivity (Wildman–Crippen MR) is 84.8 cm³/mol. The Kier molecular flexibility index (Phi) is 3.69. The smallest absolute Gasteiger partial charge is 0.258 e. The van der Waals surface area contributed by atoms with Gasteiger partial charge in [-0.05, 0) is 18.2 Å². The molecule has 7 heteroatoms. The van der Waals surface area contributed by atoms with E-state index in [0.717, 1.165) is 10.6 Å². The molecule has 2 heterocycles. The van der Waals surface area contributed by atoms with Crippen LogP contribution in [0.4, 0.5) is 5.69 Å². The number of nitrogens with zero attached hydrogens (tertiary/aromatic N) is 2. The number of halogens is 1. The number of hydrogen-bond donors (Lipinski definition) is 1. The molecule has 20 heavy (non-hydrogen) atoms. The topological polar surface area (TPSA) is 60.4 Å². The van der Waals surface area contributed by atoms with Crippen LogP contribution in [0.3, 0.4) is 0 Å². The number of nitrogen functional groups attached to an aromatic ring is 1. The number of thioether (sulfide) groups is 1. The van der Waals surface area contributed by atoms with Gasteiger partial charge in [0.15, 0.2) is 4.96 Å². The quantitative estimate of drug-likeness (QED) is 0.593.